The molecule has 0 radical (unpaired) electrons. The first-order valence-corrected chi connectivity index (χ1v) is 7.56. The quantitative estimate of drug-likeness (QED) is 0.392. The number of rotatable bonds is 10. The molecule has 0 saturated carbocycles. The second-order valence-electron chi connectivity index (χ2n) is 4.71. The summed E-state index contributed by atoms with van der Waals surface area (Å²) in [5.41, 5.74) is 0.711. The van der Waals surface area contributed by atoms with Gasteiger partial charge >= 0.3 is 12.0 Å². The first kappa shape index (κ1) is 18.9. The average molecular weight is 324 g/mol. The summed E-state index contributed by atoms with van der Waals surface area (Å²) in [6.07, 6.45) is 1.75. The molecular formula is C16H24N2O5. The van der Waals surface area contributed by atoms with E-state index < -0.39 is 12.0 Å². The second kappa shape index (κ2) is 11.4. The highest BCUT2D eigenvalue weighted by atomic mass is 16.5. The van der Waals surface area contributed by atoms with Crippen LogP contribution >= 0.6 is 0 Å². The van der Waals surface area contributed by atoms with E-state index >= 15 is 0 Å². The monoisotopic (exact) mass is 324 g/mol. The molecule has 0 unspecified atom stereocenters. The van der Waals surface area contributed by atoms with E-state index in [9.17, 15) is 9.59 Å². The van der Waals surface area contributed by atoms with E-state index in [1.54, 1.807) is 31.4 Å². The summed E-state index contributed by atoms with van der Waals surface area (Å²) in [4.78, 5) is 23.8. The minimum absolute atomic E-state index is 0.0539. The van der Waals surface area contributed by atoms with Gasteiger partial charge in [0.1, 0.15) is 6.73 Å². The first-order chi connectivity index (χ1) is 11.2. The SMILES string of the molecule is CCCCOC(=O)c1ccccc1NC(=O)NCOCCOC. The van der Waals surface area contributed by atoms with Gasteiger partial charge in [-0.1, -0.05) is 25.5 Å². The molecule has 0 saturated heterocycles. The van der Waals surface area contributed by atoms with E-state index in [4.69, 9.17) is 14.2 Å². The van der Waals surface area contributed by atoms with Crippen molar-refractivity contribution in [2.45, 2.75) is 19.8 Å². The Bertz CT molecular complexity index is 493. The molecular weight excluding hydrogens is 300 g/mol. The van der Waals surface area contributed by atoms with Crippen LogP contribution in [0.5, 0.6) is 0 Å². The van der Waals surface area contributed by atoms with Crippen LogP contribution in [0.4, 0.5) is 10.5 Å². The highest BCUT2D eigenvalue weighted by Gasteiger charge is 2.13. The van der Waals surface area contributed by atoms with Crippen LogP contribution in [0.15, 0.2) is 24.3 Å². The predicted molar refractivity (Wildman–Crippen MR) is 86.5 cm³/mol. The maximum Gasteiger partial charge on any atom is 0.340 e. The summed E-state index contributed by atoms with van der Waals surface area (Å²) >= 11 is 0. The van der Waals surface area contributed by atoms with Gasteiger partial charge in [0.25, 0.3) is 0 Å². The van der Waals surface area contributed by atoms with E-state index in [1.165, 1.54) is 0 Å². The van der Waals surface area contributed by atoms with Crippen LogP contribution < -0.4 is 10.6 Å². The zero-order chi connectivity index (χ0) is 16.9. The van der Waals surface area contributed by atoms with Crippen molar-refractivity contribution in [3.63, 3.8) is 0 Å². The molecule has 0 bridgehead atoms. The number of unbranched alkanes of at least 4 members (excludes halogenated alkanes) is 1. The topological polar surface area (TPSA) is 85.9 Å². The summed E-state index contributed by atoms with van der Waals surface area (Å²) in [7, 11) is 1.57. The molecule has 0 aliphatic carbocycles. The Morgan fingerprint density at radius 3 is 2.65 bits per heavy atom. The van der Waals surface area contributed by atoms with Gasteiger partial charge in [0, 0.05) is 7.11 Å². The van der Waals surface area contributed by atoms with Crippen molar-refractivity contribution in [1.82, 2.24) is 5.32 Å². The van der Waals surface area contributed by atoms with Crippen molar-refractivity contribution in [2.24, 2.45) is 0 Å². The normalized spacial score (nSPS) is 10.2. The molecule has 0 spiro atoms. The van der Waals surface area contributed by atoms with Gasteiger partial charge in [-0.2, -0.15) is 0 Å². The molecule has 128 valence electrons. The number of hydrogen-bond acceptors (Lipinski definition) is 5. The summed E-state index contributed by atoms with van der Waals surface area (Å²) in [6, 6.07) is 6.23. The Hall–Kier alpha value is -2.12. The lowest BCUT2D eigenvalue weighted by Gasteiger charge is -2.12. The van der Waals surface area contributed by atoms with E-state index in [0.717, 1.165) is 12.8 Å². The summed E-state index contributed by atoms with van der Waals surface area (Å²) in [6.45, 7) is 3.27. The molecule has 0 heterocycles. The summed E-state index contributed by atoms with van der Waals surface area (Å²) < 4.78 is 15.1. The minimum atomic E-state index is -0.462. The number of methoxy groups -OCH3 is 1. The number of para-hydroxylation sites is 1. The summed E-state index contributed by atoms with van der Waals surface area (Å²) in [5.74, 6) is -0.453. The molecule has 1 rings (SSSR count). The van der Waals surface area contributed by atoms with Crippen LogP contribution in [0, 0.1) is 0 Å². The lowest BCUT2D eigenvalue weighted by atomic mass is 10.2. The Morgan fingerprint density at radius 2 is 1.91 bits per heavy atom. The van der Waals surface area contributed by atoms with Crippen LogP contribution in [-0.4, -0.2) is 45.7 Å². The van der Waals surface area contributed by atoms with E-state index in [-0.39, 0.29) is 6.73 Å². The third-order valence-electron chi connectivity index (χ3n) is 2.89. The fraction of sp³-hybridized carbons (Fsp3) is 0.500. The number of urea groups is 1. The maximum absolute atomic E-state index is 12.0. The molecule has 0 fully saturated rings. The van der Waals surface area contributed by atoms with Crippen molar-refractivity contribution in [2.75, 3.05) is 39.0 Å². The molecule has 23 heavy (non-hydrogen) atoms. The molecule has 1 aromatic rings. The highest BCUT2D eigenvalue weighted by Crippen LogP contribution is 2.16. The number of esters is 1. The number of anilines is 1. The van der Waals surface area contributed by atoms with Gasteiger partial charge in [0.2, 0.25) is 0 Å². The van der Waals surface area contributed by atoms with Crippen molar-refractivity contribution in [3.8, 4) is 0 Å². The smallest absolute Gasteiger partial charge is 0.340 e. The van der Waals surface area contributed by atoms with Crippen LogP contribution in [0.1, 0.15) is 30.1 Å². The van der Waals surface area contributed by atoms with Crippen LogP contribution in [0.25, 0.3) is 0 Å². The third-order valence-corrected chi connectivity index (χ3v) is 2.89. The Kier molecular flexibility index (Phi) is 9.42. The van der Waals surface area contributed by atoms with Gasteiger partial charge in [-0.3, -0.25) is 0 Å². The van der Waals surface area contributed by atoms with E-state index in [2.05, 4.69) is 10.6 Å². The number of ether oxygens (including phenoxy) is 3. The van der Waals surface area contributed by atoms with E-state index in [1.807, 2.05) is 6.92 Å². The highest BCUT2D eigenvalue weighted by molar-refractivity contribution is 6.00. The molecule has 1 aromatic carbocycles. The lowest BCUT2D eigenvalue weighted by Crippen LogP contribution is -2.31. The first-order valence-electron chi connectivity index (χ1n) is 7.56. The van der Waals surface area contributed by atoms with Crippen molar-refractivity contribution in [1.29, 1.82) is 0 Å². The van der Waals surface area contributed by atoms with E-state index in [0.29, 0.717) is 31.1 Å². The Morgan fingerprint density at radius 1 is 1.13 bits per heavy atom. The lowest BCUT2D eigenvalue weighted by molar-refractivity contribution is 0.0501. The Balaban J connectivity index is 2.49. The van der Waals surface area contributed by atoms with Crippen molar-refractivity contribution >= 4 is 17.7 Å². The van der Waals surface area contributed by atoms with Crippen molar-refractivity contribution < 1.29 is 23.8 Å². The maximum atomic E-state index is 12.0. The van der Waals surface area contributed by atoms with Gasteiger partial charge in [0.15, 0.2) is 0 Å². The average Bonchev–Trinajstić information content (AvgIpc) is 2.55. The fourth-order valence-electron chi connectivity index (χ4n) is 1.65. The molecule has 2 N–H and O–H groups in total. The van der Waals surface area contributed by atoms with Crippen molar-refractivity contribution in [3.05, 3.63) is 29.8 Å². The zero-order valence-corrected chi connectivity index (χ0v) is 13.6. The molecule has 0 aliphatic rings. The standard InChI is InChI=1S/C16H24N2O5/c1-3-4-9-23-15(19)13-7-5-6-8-14(13)18-16(20)17-12-22-11-10-21-2/h5-8H,3-4,9-12H2,1-2H3,(H2,17,18,20). The molecule has 7 heteroatoms. The van der Waals surface area contributed by atoms with Gasteiger partial charge in [-0.15, -0.1) is 0 Å². The molecule has 2 amide bonds. The number of amides is 2. The van der Waals surface area contributed by atoms with Gasteiger partial charge in [0.05, 0.1) is 31.1 Å². The van der Waals surface area contributed by atoms with Gasteiger partial charge in [-0.05, 0) is 18.6 Å². The van der Waals surface area contributed by atoms with Crippen LogP contribution in [0.2, 0.25) is 0 Å². The molecule has 0 aliphatic heterocycles. The largest absolute Gasteiger partial charge is 0.462 e. The minimum Gasteiger partial charge on any atom is -0.462 e. The number of nitrogens with one attached hydrogen (secondary N) is 2. The third kappa shape index (κ3) is 7.62. The second-order valence-corrected chi connectivity index (χ2v) is 4.71. The fourth-order valence-corrected chi connectivity index (χ4v) is 1.65. The van der Waals surface area contributed by atoms with Gasteiger partial charge in [-0.25, -0.2) is 9.59 Å². The molecule has 0 atom stereocenters. The summed E-state index contributed by atoms with van der Waals surface area (Å²) in [5, 5.41) is 5.14. The zero-order valence-electron chi connectivity index (χ0n) is 13.6. The van der Waals surface area contributed by atoms with Crippen LogP contribution in [0.3, 0.4) is 0 Å². The predicted octanol–water partition coefficient (Wildman–Crippen LogP) is 2.39. The Labute approximate surface area is 136 Å². The number of hydrogen-bond donors (Lipinski definition) is 2. The van der Waals surface area contributed by atoms with Gasteiger partial charge < -0.3 is 24.8 Å². The number of carbonyl (C=O) groups is 2. The number of carbonyl (C=O) groups excluding carboxylic acids is 2. The molecule has 0 aromatic heterocycles. The van der Waals surface area contributed by atoms with Crippen LogP contribution in [-0.2, 0) is 14.2 Å². The number of benzene rings is 1. The molecule has 7 nitrogen and oxygen atoms in total.